The Bertz CT molecular complexity index is 2010. The second kappa shape index (κ2) is 13.1. The van der Waals surface area contributed by atoms with Gasteiger partial charge in [0.05, 0.1) is 68.8 Å². The Hall–Kier alpha value is -6.79. The van der Waals surface area contributed by atoms with E-state index in [0.717, 1.165) is 22.3 Å². The number of nitrogens with zero attached hydrogens (tertiary/aromatic N) is 11. The van der Waals surface area contributed by atoms with Gasteiger partial charge in [-0.15, -0.1) is 0 Å². The molecular formula is C37H25N11Si. The molecule has 232 valence electrons. The lowest BCUT2D eigenvalue weighted by molar-refractivity contribution is 1.18. The van der Waals surface area contributed by atoms with E-state index in [-0.39, 0.29) is 0 Å². The monoisotopic (exact) mass is 651 g/mol. The zero-order chi connectivity index (χ0) is 32.9. The minimum Gasteiger partial charge on any atom is -0.264 e. The second-order valence-electron chi connectivity index (χ2n) is 11.0. The van der Waals surface area contributed by atoms with E-state index in [4.69, 9.17) is 39.9 Å². The molecular weight excluding hydrogens is 627 g/mol. The molecule has 0 bridgehead atoms. The molecule has 0 N–H and O–H groups in total. The topological polar surface area (TPSA) is 142 Å². The van der Waals surface area contributed by atoms with Gasteiger partial charge in [0.2, 0.25) is 0 Å². The highest BCUT2D eigenvalue weighted by Gasteiger charge is 2.50. The lowest BCUT2D eigenvalue weighted by atomic mass is 10.2. The molecule has 0 aliphatic rings. The Kier molecular flexibility index (Phi) is 7.94. The molecule has 7 heterocycles. The van der Waals surface area contributed by atoms with Crippen molar-refractivity contribution in [2.75, 3.05) is 0 Å². The van der Waals surface area contributed by atoms with Crippen LogP contribution in [0.3, 0.4) is 0 Å². The third kappa shape index (κ3) is 5.72. The maximum atomic E-state index is 5.31. The first-order valence-electron chi connectivity index (χ1n) is 15.4. The number of hydrogen-bond acceptors (Lipinski definition) is 11. The molecule has 8 rings (SSSR count). The summed E-state index contributed by atoms with van der Waals surface area (Å²) in [6, 6.07) is 21.4. The maximum absolute atomic E-state index is 5.31. The molecule has 1 aromatic carbocycles. The van der Waals surface area contributed by atoms with Gasteiger partial charge in [0.25, 0.3) is 8.07 Å². The molecule has 0 amide bonds. The maximum Gasteiger partial charge on any atom is 0.271 e. The normalized spacial score (nSPS) is 11.3. The van der Waals surface area contributed by atoms with Gasteiger partial charge in [-0.3, -0.25) is 54.8 Å². The third-order valence-electron chi connectivity index (χ3n) is 8.02. The molecule has 0 atom stereocenters. The van der Waals surface area contributed by atoms with Crippen LogP contribution in [0.1, 0.15) is 0 Å². The van der Waals surface area contributed by atoms with E-state index in [1.54, 1.807) is 86.8 Å². The highest BCUT2D eigenvalue weighted by atomic mass is 28.3. The lowest BCUT2D eigenvalue weighted by Gasteiger charge is -2.29. The number of aromatic nitrogens is 11. The fourth-order valence-electron chi connectivity index (χ4n) is 5.68. The van der Waals surface area contributed by atoms with Gasteiger partial charge in [-0.2, -0.15) is 0 Å². The molecule has 0 aliphatic heterocycles. The Morgan fingerprint density at radius 3 is 0.939 bits per heavy atom. The van der Waals surface area contributed by atoms with E-state index in [1.165, 1.54) is 0 Å². The van der Waals surface area contributed by atoms with Crippen LogP contribution in [-0.4, -0.2) is 62.9 Å². The summed E-state index contributed by atoms with van der Waals surface area (Å²) in [6.07, 6.45) is 24.5. The first-order valence-corrected chi connectivity index (χ1v) is 17.4. The van der Waals surface area contributed by atoms with Gasteiger partial charge >= 0.3 is 0 Å². The fourth-order valence-corrected chi connectivity index (χ4v) is 9.48. The molecule has 0 unspecified atom stereocenters. The highest BCUT2D eigenvalue weighted by molar-refractivity contribution is 7.18. The average molecular weight is 652 g/mol. The number of rotatable bonds is 8. The van der Waals surface area contributed by atoms with Gasteiger partial charge in [0.15, 0.2) is 0 Å². The van der Waals surface area contributed by atoms with E-state index < -0.39 is 8.07 Å². The largest absolute Gasteiger partial charge is 0.271 e. The zero-order valence-electron chi connectivity index (χ0n) is 25.9. The van der Waals surface area contributed by atoms with E-state index >= 15 is 0 Å². The van der Waals surface area contributed by atoms with Gasteiger partial charge in [-0.1, -0.05) is 30.3 Å². The predicted molar refractivity (Wildman–Crippen MR) is 188 cm³/mol. The van der Waals surface area contributed by atoms with Gasteiger partial charge in [0.1, 0.15) is 0 Å². The van der Waals surface area contributed by atoms with Gasteiger partial charge in [0, 0.05) is 84.2 Å². The molecule has 0 fully saturated rings. The minimum absolute atomic E-state index is 0.628. The summed E-state index contributed by atoms with van der Waals surface area (Å²) < 4.78 is 0. The molecule has 0 spiro atoms. The number of benzene rings is 1. The molecule has 0 saturated carbocycles. The molecule has 8 aromatic rings. The van der Waals surface area contributed by atoms with Crippen molar-refractivity contribution in [3.05, 3.63) is 153 Å². The summed E-state index contributed by atoms with van der Waals surface area (Å²) in [4.78, 5) is 53.1. The summed E-state index contributed by atoms with van der Waals surface area (Å²) in [7, 11) is -3.71. The van der Waals surface area contributed by atoms with E-state index in [0.29, 0.717) is 44.0 Å². The lowest BCUT2D eigenvalue weighted by Crippen LogP contribution is -2.78. The van der Waals surface area contributed by atoms with E-state index in [1.807, 2.05) is 66.7 Å². The van der Waals surface area contributed by atoms with Crippen LogP contribution in [0.5, 0.6) is 0 Å². The van der Waals surface area contributed by atoms with Crippen molar-refractivity contribution in [2.24, 2.45) is 0 Å². The standard InChI is InChI=1S/C37H25N11Si/c1-2-7-26(8-3-1)30-18-41-22-34(45-30)49(35-23-42-19-31(46-35)27-9-4-12-38-15-27,36-24-43-20-32(47-36)28-10-5-13-39-16-28)37-25-44-21-33(48-37)29-11-6-14-40-17-29/h1-25H. The number of hydrogen-bond donors (Lipinski definition) is 0. The Morgan fingerprint density at radius 1 is 0.286 bits per heavy atom. The molecule has 0 aliphatic carbocycles. The van der Waals surface area contributed by atoms with Crippen molar-refractivity contribution in [3.63, 3.8) is 0 Å². The summed E-state index contributed by atoms with van der Waals surface area (Å²) in [5.74, 6) is 0. The quantitative estimate of drug-likeness (QED) is 0.224. The van der Waals surface area contributed by atoms with Crippen LogP contribution in [0.4, 0.5) is 0 Å². The predicted octanol–water partition coefficient (Wildman–Crippen LogP) is 3.08. The molecule has 11 nitrogen and oxygen atoms in total. The van der Waals surface area contributed by atoms with Crippen LogP contribution in [-0.2, 0) is 0 Å². The summed E-state index contributed by atoms with van der Waals surface area (Å²) >= 11 is 0. The first kappa shape index (κ1) is 29.6. The van der Waals surface area contributed by atoms with E-state index in [9.17, 15) is 0 Å². The summed E-state index contributed by atoms with van der Waals surface area (Å²) in [5, 5.41) is 2.53. The highest BCUT2D eigenvalue weighted by Crippen LogP contribution is 2.19. The first-order chi connectivity index (χ1) is 24.3. The smallest absolute Gasteiger partial charge is 0.264 e. The van der Waals surface area contributed by atoms with Gasteiger partial charge < -0.3 is 0 Å². The van der Waals surface area contributed by atoms with Crippen molar-refractivity contribution in [3.8, 4) is 45.0 Å². The second-order valence-corrected chi connectivity index (χ2v) is 14.5. The van der Waals surface area contributed by atoms with Crippen LogP contribution in [0.15, 0.2) is 153 Å². The SMILES string of the molecule is c1ccc(-c2cncc([Si](c3cncc(-c4cccnc4)n3)(c3cncc(-c4cccnc4)n3)c3cncc(-c4cccnc4)n3)n2)cc1. The molecule has 7 aromatic heterocycles. The summed E-state index contributed by atoms with van der Waals surface area (Å²) in [5.41, 5.74) is 5.98. The Labute approximate surface area is 282 Å². The van der Waals surface area contributed by atoms with Gasteiger partial charge in [-0.05, 0) is 36.4 Å². The molecule has 12 heteroatoms. The molecule has 49 heavy (non-hydrogen) atoms. The van der Waals surface area contributed by atoms with Crippen LogP contribution in [0.25, 0.3) is 45.0 Å². The van der Waals surface area contributed by atoms with Crippen molar-refractivity contribution in [2.45, 2.75) is 0 Å². The van der Waals surface area contributed by atoms with Crippen LogP contribution in [0.2, 0.25) is 0 Å². The zero-order valence-corrected chi connectivity index (χ0v) is 26.9. The Balaban J connectivity index is 1.47. The summed E-state index contributed by atoms with van der Waals surface area (Å²) in [6.45, 7) is 0. The average Bonchev–Trinajstić information content (AvgIpc) is 3.20. The van der Waals surface area contributed by atoms with Crippen molar-refractivity contribution in [1.82, 2.24) is 54.8 Å². The van der Waals surface area contributed by atoms with Gasteiger partial charge in [-0.25, -0.2) is 0 Å². The van der Waals surface area contributed by atoms with Crippen molar-refractivity contribution < 1.29 is 0 Å². The van der Waals surface area contributed by atoms with Crippen molar-refractivity contribution >= 4 is 29.3 Å². The van der Waals surface area contributed by atoms with E-state index in [2.05, 4.69) is 15.0 Å². The fraction of sp³-hybridized carbons (Fsp3) is 0. The molecule has 0 radical (unpaired) electrons. The van der Waals surface area contributed by atoms with Crippen LogP contribution in [0, 0.1) is 0 Å². The Morgan fingerprint density at radius 2 is 0.612 bits per heavy atom. The van der Waals surface area contributed by atoms with Crippen molar-refractivity contribution in [1.29, 1.82) is 0 Å². The number of pyridine rings is 3. The third-order valence-corrected chi connectivity index (χ3v) is 12.1. The van der Waals surface area contributed by atoms with Crippen LogP contribution < -0.4 is 21.3 Å². The van der Waals surface area contributed by atoms with Crippen LogP contribution >= 0.6 is 0 Å². The molecule has 0 saturated heterocycles. The minimum atomic E-state index is -3.71.